The molecule has 5 atom stereocenters. The number of ether oxygens (including phenoxy) is 2. The number of cyclic esters (lactones) is 1. The van der Waals surface area contributed by atoms with E-state index in [1.165, 1.54) is 4.90 Å². The normalized spacial score (nSPS) is 32.2. The number of amides is 2. The fourth-order valence-electron chi connectivity index (χ4n) is 6.31. The van der Waals surface area contributed by atoms with E-state index in [0.29, 0.717) is 19.4 Å². The SMILES string of the molecule is O=C1OCCC/C=C\[C@H]2OC34C=CCN(c5ccc6ccccc6c5)C(=O)[C@H]3N(CCCO)C(=O)[C@@H]4C12. The summed E-state index contributed by atoms with van der Waals surface area (Å²) in [6, 6.07) is 12.8. The summed E-state index contributed by atoms with van der Waals surface area (Å²) < 4.78 is 12.1. The van der Waals surface area contributed by atoms with Gasteiger partial charge in [-0.1, -0.05) is 54.6 Å². The number of nitrogens with zero attached hydrogens (tertiary/aromatic N) is 2. The Morgan fingerprint density at radius 1 is 1.03 bits per heavy atom. The standard InChI is InChI=1S/C29H30N2O6/c32-16-7-15-31-25-27(34)30(21-12-11-19-8-3-4-9-20(19)18-21)14-6-13-29(25)24(26(31)33)23-22(37-29)10-2-1-5-17-36-28(23)35/h2-4,6,8-13,18,22-25,32H,1,5,7,14-17H2/b10-2-/t22-,23?,24+,25-,29?/m1/s1. The molecule has 2 saturated heterocycles. The number of carbonyl (C=O) groups is 3. The van der Waals surface area contributed by atoms with Gasteiger partial charge in [0, 0.05) is 25.4 Å². The number of allylic oxidation sites excluding steroid dienone is 1. The molecule has 0 radical (unpaired) electrons. The molecule has 2 fully saturated rings. The van der Waals surface area contributed by atoms with Gasteiger partial charge in [0.1, 0.15) is 17.6 Å². The fourth-order valence-corrected chi connectivity index (χ4v) is 6.31. The van der Waals surface area contributed by atoms with Crippen molar-refractivity contribution >= 4 is 34.2 Å². The molecule has 1 spiro atoms. The van der Waals surface area contributed by atoms with Crippen LogP contribution >= 0.6 is 0 Å². The number of carbonyl (C=O) groups excluding carboxylic acids is 3. The summed E-state index contributed by atoms with van der Waals surface area (Å²) in [6.07, 6.45) is 8.59. The highest BCUT2D eigenvalue weighted by Crippen LogP contribution is 2.53. The van der Waals surface area contributed by atoms with Crippen LogP contribution < -0.4 is 4.90 Å². The van der Waals surface area contributed by atoms with Crippen molar-refractivity contribution in [3.05, 3.63) is 66.8 Å². The van der Waals surface area contributed by atoms with Gasteiger partial charge in [-0.05, 0) is 42.2 Å². The van der Waals surface area contributed by atoms with Gasteiger partial charge < -0.3 is 24.4 Å². The van der Waals surface area contributed by atoms with Gasteiger partial charge in [0.25, 0.3) is 5.91 Å². The van der Waals surface area contributed by atoms with Crippen LogP contribution in [-0.2, 0) is 23.9 Å². The zero-order valence-corrected chi connectivity index (χ0v) is 20.5. The Bertz CT molecular complexity index is 1300. The Labute approximate surface area is 215 Å². The lowest BCUT2D eigenvalue weighted by molar-refractivity contribution is -0.154. The minimum atomic E-state index is -1.30. The van der Waals surface area contributed by atoms with E-state index in [1.54, 1.807) is 4.90 Å². The summed E-state index contributed by atoms with van der Waals surface area (Å²) in [5.74, 6) is -2.76. The van der Waals surface area contributed by atoms with E-state index < -0.39 is 35.6 Å². The Balaban J connectivity index is 1.44. The second kappa shape index (κ2) is 9.43. The number of hydrogen-bond donors (Lipinski definition) is 1. The Kier molecular flexibility index (Phi) is 6.09. The number of aliphatic hydroxyl groups excluding tert-OH is 1. The first-order chi connectivity index (χ1) is 18.0. The summed E-state index contributed by atoms with van der Waals surface area (Å²) in [7, 11) is 0. The zero-order chi connectivity index (χ0) is 25.6. The molecule has 8 nitrogen and oxygen atoms in total. The lowest BCUT2D eigenvalue weighted by Gasteiger charge is -2.35. The van der Waals surface area contributed by atoms with Gasteiger partial charge in [0.2, 0.25) is 5.91 Å². The molecule has 4 aliphatic rings. The first kappa shape index (κ1) is 23.9. The van der Waals surface area contributed by atoms with Crippen LogP contribution in [0.5, 0.6) is 0 Å². The molecule has 2 unspecified atom stereocenters. The molecule has 0 aliphatic carbocycles. The molecule has 4 heterocycles. The number of aliphatic hydroxyl groups is 1. The third kappa shape index (κ3) is 3.78. The van der Waals surface area contributed by atoms with Crippen LogP contribution in [0.1, 0.15) is 19.3 Å². The Morgan fingerprint density at radius 3 is 2.70 bits per heavy atom. The summed E-state index contributed by atoms with van der Waals surface area (Å²) in [5, 5.41) is 11.6. The third-order valence-electron chi connectivity index (χ3n) is 7.95. The zero-order valence-electron chi connectivity index (χ0n) is 20.5. The summed E-state index contributed by atoms with van der Waals surface area (Å²) in [5.41, 5.74) is -0.573. The maximum Gasteiger partial charge on any atom is 0.312 e. The number of fused-ring (bicyclic) bond motifs is 3. The van der Waals surface area contributed by atoms with E-state index in [0.717, 1.165) is 22.9 Å². The molecule has 2 aromatic carbocycles. The average molecular weight is 503 g/mol. The largest absolute Gasteiger partial charge is 0.465 e. The average Bonchev–Trinajstić information content (AvgIpc) is 3.31. The van der Waals surface area contributed by atoms with Crippen LogP contribution in [0.25, 0.3) is 10.8 Å². The van der Waals surface area contributed by atoms with E-state index in [-0.39, 0.29) is 31.6 Å². The van der Waals surface area contributed by atoms with E-state index in [9.17, 15) is 19.5 Å². The van der Waals surface area contributed by atoms with Crippen LogP contribution in [0.2, 0.25) is 0 Å². The van der Waals surface area contributed by atoms with Crippen LogP contribution in [0, 0.1) is 11.8 Å². The van der Waals surface area contributed by atoms with Crippen LogP contribution in [-0.4, -0.2) is 71.8 Å². The van der Waals surface area contributed by atoms with Crippen molar-refractivity contribution < 1.29 is 29.0 Å². The van der Waals surface area contributed by atoms with Crippen molar-refractivity contribution in [2.45, 2.75) is 37.0 Å². The van der Waals surface area contributed by atoms with Gasteiger partial charge in [0.15, 0.2) is 0 Å². The highest BCUT2D eigenvalue weighted by molar-refractivity contribution is 6.06. The van der Waals surface area contributed by atoms with Gasteiger partial charge in [-0.3, -0.25) is 14.4 Å². The number of benzene rings is 2. The van der Waals surface area contributed by atoms with Crippen molar-refractivity contribution in [3.63, 3.8) is 0 Å². The minimum absolute atomic E-state index is 0.121. The summed E-state index contributed by atoms with van der Waals surface area (Å²) in [4.78, 5) is 44.6. The van der Waals surface area contributed by atoms with Gasteiger partial charge in [-0.25, -0.2) is 0 Å². The number of likely N-dealkylation sites (tertiary alicyclic amines) is 1. The number of esters is 1. The van der Waals surface area contributed by atoms with E-state index >= 15 is 0 Å². The first-order valence-corrected chi connectivity index (χ1v) is 13.0. The highest BCUT2D eigenvalue weighted by Gasteiger charge is 2.71. The number of anilines is 1. The molecule has 6 rings (SSSR count). The molecule has 37 heavy (non-hydrogen) atoms. The molecule has 8 heteroatoms. The molecule has 0 aromatic heterocycles. The number of rotatable bonds is 4. The van der Waals surface area contributed by atoms with Crippen molar-refractivity contribution in [1.29, 1.82) is 0 Å². The topological polar surface area (TPSA) is 96.4 Å². The second-order valence-corrected chi connectivity index (χ2v) is 10.1. The summed E-state index contributed by atoms with van der Waals surface area (Å²) >= 11 is 0. The van der Waals surface area contributed by atoms with E-state index in [1.807, 2.05) is 66.8 Å². The molecule has 192 valence electrons. The molecule has 2 amide bonds. The monoisotopic (exact) mass is 502 g/mol. The van der Waals surface area contributed by atoms with Crippen LogP contribution in [0.4, 0.5) is 5.69 Å². The molecule has 0 saturated carbocycles. The smallest absolute Gasteiger partial charge is 0.312 e. The molecular weight excluding hydrogens is 472 g/mol. The Hall–Kier alpha value is -3.49. The van der Waals surface area contributed by atoms with Gasteiger partial charge in [-0.2, -0.15) is 0 Å². The van der Waals surface area contributed by atoms with Crippen molar-refractivity contribution in [2.75, 3.05) is 31.2 Å². The molecular formula is C29H30N2O6. The Morgan fingerprint density at radius 2 is 1.86 bits per heavy atom. The second-order valence-electron chi connectivity index (χ2n) is 10.1. The maximum absolute atomic E-state index is 14.3. The van der Waals surface area contributed by atoms with Crippen LogP contribution in [0.15, 0.2) is 66.8 Å². The van der Waals surface area contributed by atoms with E-state index in [4.69, 9.17) is 9.47 Å². The van der Waals surface area contributed by atoms with Crippen molar-refractivity contribution in [3.8, 4) is 0 Å². The van der Waals surface area contributed by atoms with Crippen molar-refractivity contribution in [2.24, 2.45) is 11.8 Å². The van der Waals surface area contributed by atoms with Crippen LogP contribution in [0.3, 0.4) is 0 Å². The van der Waals surface area contributed by atoms with Gasteiger partial charge in [0.05, 0.1) is 18.6 Å². The molecule has 1 N–H and O–H groups in total. The lowest BCUT2D eigenvalue weighted by atomic mass is 9.78. The predicted octanol–water partition coefficient (Wildman–Crippen LogP) is 2.60. The maximum atomic E-state index is 14.3. The first-order valence-electron chi connectivity index (χ1n) is 13.0. The third-order valence-corrected chi connectivity index (χ3v) is 7.95. The molecule has 4 aliphatic heterocycles. The predicted molar refractivity (Wildman–Crippen MR) is 137 cm³/mol. The minimum Gasteiger partial charge on any atom is -0.465 e. The van der Waals surface area contributed by atoms with Gasteiger partial charge >= 0.3 is 5.97 Å². The lowest BCUT2D eigenvalue weighted by Crippen LogP contribution is -2.55. The quantitative estimate of drug-likeness (QED) is 0.510. The van der Waals surface area contributed by atoms with Crippen molar-refractivity contribution in [1.82, 2.24) is 4.90 Å². The number of hydrogen-bond acceptors (Lipinski definition) is 6. The highest BCUT2D eigenvalue weighted by atomic mass is 16.6. The van der Waals surface area contributed by atoms with E-state index in [2.05, 4.69) is 0 Å². The fraction of sp³-hybridized carbons (Fsp3) is 0.414. The molecule has 2 aromatic rings. The summed E-state index contributed by atoms with van der Waals surface area (Å²) in [6.45, 7) is 0.658. The van der Waals surface area contributed by atoms with Gasteiger partial charge in [-0.15, -0.1) is 0 Å². The molecule has 0 bridgehead atoms.